The topological polar surface area (TPSA) is 47.7 Å². The first kappa shape index (κ1) is 15.1. The molecule has 4 nitrogen and oxygen atoms in total. The van der Waals surface area contributed by atoms with Crippen LogP contribution in [0, 0.1) is 5.92 Å². The Morgan fingerprint density at radius 2 is 1.85 bits per heavy atom. The van der Waals surface area contributed by atoms with E-state index < -0.39 is 0 Å². The number of benzene rings is 1. The standard InChI is InChI=1S/C16H26N2O2/c1-12(4-6-17)10-18-7-5-13-8-15(19-2)16(20-3)9-14(13)11-18/h8-9,12H,4-7,10-11,17H2,1-3H3. The monoisotopic (exact) mass is 278 g/mol. The number of nitrogens with two attached hydrogens (primary N) is 1. The fourth-order valence-corrected chi connectivity index (χ4v) is 2.91. The maximum atomic E-state index is 5.63. The third-order valence-corrected chi connectivity index (χ3v) is 4.03. The van der Waals surface area contributed by atoms with Gasteiger partial charge >= 0.3 is 0 Å². The van der Waals surface area contributed by atoms with E-state index in [0.29, 0.717) is 5.92 Å². The molecular weight excluding hydrogens is 252 g/mol. The molecule has 1 aliphatic rings. The van der Waals surface area contributed by atoms with Gasteiger partial charge in [-0.25, -0.2) is 0 Å². The zero-order valence-corrected chi connectivity index (χ0v) is 12.8. The van der Waals surface area contributed by atoms with Crippen LogP contribution in [-0.4, -0.2) is 38.8 Å². The molecule has 0 amide bonds. The second-order valence-corrected chi connectivity index (χ2v) is 5.64. The Labute approximate surface area is 121 Å². The third-order valence-electron chi connectivity index (χ3n) is 4.03. The lowest BCUT2D eigenvalue weighted by Gasteiger charge is -2.31. The third kappa shape index (κ3) is 3.44. The summed E-state index contributed by atoms with van der Waals surface area (Å²) in [5.41, 5.74) is 8.37. The SMILES string of the molecule is COc1cc2c(cc1OC)CN(CC(C)CCN)CC2. The van der Waals surface area contributed by atoms with Gasteiger partial charge in [-0.1, -0.05) is 6.92 Å². The van der Waals surface area contributed by atoms with Crippen molar-refractivity contribution in [1.82, 2.24) is 4.90 Å². The number of nitrogens with zero attached hydrogens (tertiary/aromatic N) is 1. The van der Waals surface area contributed by atoms with E-state index in [1.165, 1.54) is 11.1 Å². The molecule has 1 aliphatic heterocycles. The van der Waals surface area contributed by atoms with Gasteiger partial charge in [0.05, 0.1) is 14.2 Å². The summed E-state index contributed by atoms with van der Waals surface area (Å²) in [4.78, 5) is 2.51. The van der Waals surface area contributed by atoms with Crippen LogP contribution in [0.3, 0.4) is 0 Å². The molecule has 0 bridgehead atoms. The van der Waals surface area contributed by atoms with E-state index in [-0.39, 0.29) is 0 Å². The predicted molar refractivity (Wildman–Crippen MR) is 81.4 cm³/mol. The first-order valence-corrected chi connectivity index (χ1v) is 7.34. The van der Waals surface area contributed by atoms with Gasteiger partial charge in [0, 0.05) is 19.6 Å². The molecule has 0 radical (unpaired) electrons. The van der Waals surface area contributed by atoms with E-state index in [0.717, 1.165) is 50.5 Å². The van der Waals surface area contributed by atoms with Gasteiger partial charge in [-0.3, -0.25) is 4.90 Å². The van der Waals surface area contributed by atoms with E-state index in [2.05, 4.69) is 24.0 Å². The second-order valence-electron chi connectivity index (χ2n) is 5.64. The Balaban J connectivity index is 2.09. The number of hydrogen-bond acceptors (Lipinski definition) is 4. The predicted octanol–water partition coefficient (Wildman–Crippen LogP) is 2.05. The molecule has 112 valence electrons. The molecule has 0 aliphatic carbocycles. The fourth-order valence-electron chi connectivity index (χ4n) is 2.91. The summed E-state index contributed by atoms with van der Waals surface area (Å²) in [6.45, 7) is 6.26. The van der Waals surface area contributed by atoms with E-state index in [9.17, 15) is 0 Å². The van der Waals surface area contributed by atoms with Gasteiger partial charge in [-0.15, -0.1) is 0 Å². The highest BCUT2D eigenvalue weighted by Crippen LogP contribution is 2.33. The van der Waals surface area contributed by atoms with Gasteiger partial charge < -0.3 is 15.2 Å². The summed E-state index contributed by atoms with van der Waals surface area (Å²) in [5.74, 6) is 2.31. The van der Waals surface area contributed by atoms with Crippen molar-refractivity contribution in [3.63, 3.8) is 0 Å². The molecule has 0 fully saturated rings. The van der Waals surface area contributed by atoms with Crippen LogP contribution in [0.15, 0.2) is 12.1 Å². The van der Waals surface area contributed by atoms with Crippen molar-refractivity contribution in [2.45, 2.75) is 26.3 Å². The van der Waals surface area contributed by atoms with Crippen LogP contribution >= 0.6 is 0 Å². The lowest BCUT2D eigenvalue weighted by atomic mass is 9.97. The van der Waals surface area contributed by atoms with Crippen molar-refractivity contribution >= 4 is 0 Å². The molecule has 2 rings (SSSR count). The van der Waals surface area contributed by atoms with Crippen LogP contribution in [0.2, 0.25) is 0 Å². The molecule has 1 heterocycles. The smallest absolute Gasteiger partial charge is 0.161 e. The van der Waals surface area contributed by atoms with Crippen molar-refractivity contribution < 1.29 is 9.47 Å². The number of methoxy groups -OCH3 is 2. The van der Waals surface area contributed by atoms with E-state index in [1.54, 1.807) is 14.2 Å². The average molecular weight is 278 g/mol. The molecular formula is C16H26N2O2. The summed E-state index contributed by atoms with van der Waals surface area (Å²) in [6.07, 6.45) is 2.17. The highest BCUT2D eigenvalue weighted by Gasteiger charge is 2.20. The molecule has 20 heavy (non-hydrogen) atoms. The normalized spacial score (nSPS) is 16.6. The van der Waals surface area contributed by atoms with Gasteiger partial charge in [0.1, 0.15) is 0 Å². The van der Waals surface area contributed by atoms with E-state index in [1.807, 2.05) is 0 Å². The quantitative estimate of drug-likeness (QED) is 0.865. The second kappa shape index (κ2) is 6.95. The molecule has 2 N–H and O–H groups in total. The molecule has 4 heteroatoms. The highest BCUT2D eigenvalue weighted by molar-refractivity contribution is 5.48. The molecule has 0 aromatic heterocycles. The summed E-state index contributed by atoms with van der Waals surface area (Å²) in [5, 5.41) is 0. The zero-order valence-electron chi connectivity index (χ0n) is 12.8. The summed E-state index contributed by atoms with van der Waals surface area (Å²) < 4.78 is 10.8. The minimum absolute atomic E-state index is 0.654. The number of rotatable bonds is 6. The van der Waals surface area contributed by atoms with Crippen molar-refractivity contribution in [2.24, 2.45) is 11.7 Å². The van der Waals surface area contributed by atoms with E-state index >= 15 is 0 Å². The Hall–Kier alpha value is -1.26. The van der Waals surface area contributed by atoms with Crippen LogP contribution in [0.1, 0.15) is 24.5 Å². The highest BCUT2D eigenvalue weighted by atomic mass is 16.5. The number of hydrogen-bond donors (Lipinski definition) is 1. The average Bonchev–Trinajstić information content (AvgIpc) is 2.45. The maximum Gasteiger partial charge on any atom is 0.161 e. The lowest BCUT2D eigenvalue weighted by molar-refractivity contribution is 0.215. The summed E-state index contributed by atoms with van der Waals surface area (Å²) >= 11 is 0. The minimum atomic E-state index is 0.654. The molecule has 1 atom stereocenters. The Morgan fingerprint density at radius 3 is 2.45 bits per heavy atom. The first-order chi connectivity index (χ1) is 9.67. The van der Waals surface area contributed by atoms with Crippen molar-refractivity contribution in [1.29, 1.82) is 0 Å². The Morgan fingerprint density at radius 1 is 1.20 bits per heavy atom. The Kier molecular flexibility index (Phi) is 5.26. The maximum absolute atomic E-state index is 5.63. The molecule has 0 saturated heterocycles. The van der Waals surface area contributed by atoms with Crippen LogP contribution < -0.4 is 15.2 Å². The molecule has 1 aromatic carbocycles. The molecule has 1 aromatic rings. The number of fused-ring (bicyclic) bond motifs is 1. The fraction of sp³-hybridized carbons (Fsp3) is 0.625. The largest absolute Gasteiger partial charge is 0.493 e. The van der Waals surface area contributed by atoms with Crippen LogP contribution in [0.25, 0.3) is 0 Å². The lowest BCUT2D eigenvalue weighted by Crippen LogP contribution is -2.34. The van der Waals surface area contributed by atoms with Crippen LogP contribution in [0.4, 0.5) is 0 Å². The van der Waals surface area contributed by atoms with Gasteiger partial charge in [-0.2, -0.15) is 0 Å². The van der Waals surface area contributed by atoms with Crippen LogP contribution in [0.5, 0.6) is 11.5 Å². The van der Waals surface area contributed by atoms with Gasteiger partial charge in [0.25, 0.3) is 0 Å². The summed E-state index contributed by atoms with van der Waals surface area (Å²) in [6, 6.07) is 4.24. The van der Waals surface area contributed by atoms with E-state index in [4.69, 9.17) is 15.2 Å². The minimum Gasteiger partial charge on any atom is -0.493 e. The number of ether oxygens (including phenoxy) is 2. The van der Waals surface area contributed by atoms with Crippen molar-refractivity contribution in [2.75, 3.05) is 33.9 Å². The van der Waals surface area contributed by atoms with Crippen molar-refractivity contribution in [3.05, 3.63) is 23.3 Å². The Bertz CT molecular complexity index is 448. The molecule has 0 saturated carbocycles. The van der Waals surface area contributed by atoms with Gasteiger partial charge in [0.2, 0.25) is 0 Å². The van der Waals surface area contributed by atoms with Crippen molar-refractivity contribution in [3.8, 4) is 11.5 Å². The zero-order chi connectivity index (χ0) is 14.5. The molecule has 0 spiro atoms. The molecule has 1 unspecified atom stereocenters. The van der Waals surface area contributed by atoms with Gasteiger partial charge in [0.15, 0.2) is 11.5 Å². The summed E-state index contributed by atoms with van der Waals surface area (Å²) in [7, 11) is 3.38. The first-order valence-electron chi connectivity index (χ1n) is 7.34. The van der Waals surface area contributed by atoms with Crippen LogP contribution in [-0.2, 0) is 13.0 Å². The van der Waals surface area contributed by atoms with Gasteiger partial charge in [-0.05, 0) is 48.6 Å².